The van der Waals surface area contributed by atoms with Crippen molar-refractivity contribution in [2.24, 2.45) is 11.8 Å². The van der Waals surface area contributed by atoms with E-state index in [9.17, 15) is 4.79 Å². The van der Waals surface area contributed by atoms with Crippen molar-refractivity contribution < 1.29 is 19.0 Å². The predicted octanol–water partition coefficient (Wildman–Crippen LogP) is 4.56. The molecule has 4 saturated carbocycles. The molecule has 4 heteroatoms. The summed E-state index contributed by atoms with van der Waals surface area (Å²) < 4.78 is 17.8. The molecule has 1 heterocycles. The van der Waals surface area contributed by atoms with Crippen molar-refractivity contribution in [1.82, 2.24) is 0 Å². The third kappa shape index (κ3) is 4.17. The van der Waals surface area contributed by atoms with Crippen molar-refractivity contribution in [2.75, 3.05) is 13.2 Å². The molecule has 146 valence electrons. The Kier molecular flexibility index (Phi) is 5.17. The number of carbonyl (C=O) groups excluding carboxylic acids is 1. The number of rotatable bonds is 10. The second-order valence-electron chi connectivity index (χ2n) is 9.50. The monoisotopic (exact) mass is 362 g/mol. The molecule has 0 amide bonds. The Bertz CT molecular complexity index is 536. The number of hydrogen-bond donors (Lipinski definition) is 0. The van der Waals surface area contributed by atoms with Crippen LogP contribution in [0.3, 0.4) is 0 Å². The number of esters is 1. The van der Waals surface area contributed by atoms with Gasteiger partial charge in [-0.05, 0) is 63.7 Å². The number of epoxide rings is 1. The van der Waals surface area contributed by atoms with E-state index < -0.39 is 0 Å². The molecule has 5 rings (SSSR count). The van der Waals surface area contributed by atoms with Crippen LogP contribution in [-0.2, 0) is 19.0 Å². The molecule has 4 nitrogen and oxygen atoms in total. The zero-order chi connectivity index (χ0) is 18.2. The molecule has 4 aliphatic carbocycles. The molecule has 1 saturated heterocycles. The highest BCUT2D eigenvalue weighted by molar-refractivity contribution is 5.87. The standard InChI is InChI=1S/C22H34O4/c1-16(2)20(23)26-22-12-17-9-18(13-22)11-21(10-17,15-22)25-8-6-4-3-5-7-19-14-24-19/h17-19H,1,3-15H2,2H3. The van der Waals surface area contributed by atoms with E-state index in [0.717, 1.165) is 51.7 Å². The van der Waals surface area contributed by atoms with E-state index in [4.69, 9.17) is 14.2 Å². The number of hydrogen-bond acceptors (Lipinski definition) is 4. The van der Waals surface area contributed by atoms with Gasteiger partial charge in [-0.1, -0.05) is 25.8 Å². The third-order valence-electron chi connectivity index (χ3n) is 6.84. The summed E-state index contributed by atoms with van der Waals surface area (Å²) >= 11 is 0. The second kappa shape index (κ2) is 7.27. The van der Waals surface area contributed by atoms with Gasteiger partial charge < -0.3 is 14.2 Å². The van der Waals surface area contributed by atoms with Crippen LogP contribution in [0.5, 0.6) is 0 Å². The van der Waals surface area contributed by atoms with Crippen LogP contribution in [-0.4, -0.2) is 36.5 Å². The Labute approximate surface area is 157 Å². The Morgan fingerprint density at radius 2 is 1.73 bits per heavy atom. The zero-order valence-corrected chi connectivity index (χ0v) is 16.3. The van der Waals surface area contributed by atoms with Gasteiger partial charge in [0.05, 0.1) is 18.3 Å². The van der Waals surface area contributed by atoms with Crippen LogP contribution in [0.15, 0.2) is 12.2 Å². The fourth-order valence-corrected chi connectivity index (χ4v) is 6.02. The van der Waals surface area contributed by atoms with Gasteiger partial charge in [-0.3, -0.25) is 0 Å². The van der Waals surface area contributed by atoms with Crippen molar-refractivity contribution in [2.45, 2.75) is 94.9 Å². The first-order valence-electron chi connectivity index (χ1n) is 10.6. The number of ether oxygens (including phenoxy) is 3. The van der Waals surface area contributed by atoms with Crippen LogP contribution in [0.2, 0.25) is 0 Å². The minimum absolute atomic E-state index is 0.0404. The second-order valence-corrected chi connectivity index (χ2v) is 9.50. The first kappa shape index (κ1) is 18.5. The van der Waals surface area contributed by atoms with E-state index in [-0.39, 0.29) is 17.2 Å². The van der Waals surface area contributed by atoms with Gasteiger partial charge >= 0.3 is 5.97 Å². The molecule has 0 aromatic rings. The van der Waals surface area contributed by atoms with Gasteiger partial charge in [-0.25, -0.2) is 4.79 Å². The Morgan fingerprint density at radius 3 is 2.38 bits per heavy atom. The van der Waals surface area contributed by atoms with E-state index in [1.165, 1.54) is 32.1 Å². The van der Waals surface area contributed by atoms with Crippen LogP contribution in [0.1, 0.15) is 77.6 Å². The van der Waals surface area contributed by atoms with E-state index in [1.54, 1.807) is 6.92 Å². The van der Waals surface area contributed by atoms with Crippen molar-refractivity contribution in [3.05, 3.63) is 12.2 Å². The lowest BCUT2D eigenvalue weighted by Crippen LogP contribution is -2.61. The van der Waals surface area contributed by atoms with Crippen molar-refractivity contribution in [3.8, 4) is 0 Å². The molecule has 1 aliphatic heterocycles. The summed E-state index contributed by atoms with van der Waals surface area (Å²) in [5, 5.41) is 0. The van der Waals surface area contributed by atoms with Crippen LogP contribution in [0.25, 0.3) is 0 Å². The molecular formula is C22H34O4. The van der Waals surface area contributed by atoms with Crippen LogP contribution in [0.4, 0.5) is 0 Å². The molecule has 0 radical (unpaired) electrons. The highest BCUT2D eigenvalue weighted by Crippen LogP contribution is 2.60. The summed E-state index contributed by atoms with van der Waals surface area (Å²) in [5.74, 6) is 1.10. The normalized spacial score (nSPS) is 39.8. The van der Waals surface area contributed by atoms with E-state index in [2.05, 4.69) is 6.58 Å². The third-order valence-corrected chi connectivity index (χ3v) is 6.84. The fourth-order valence-electron chi connectivity index (χ4n) is 6.02. The van der Waals surface area contributed by atoms with Gasteiger partial charge in [-0.2, -0.15) is 0 Å². The highest BCUT2D eigenvalue weighted by atomic mass is 16.6. The summed E-state index contributed by atoms with van der Waals surface area (Å²) in [7, 11) is 0. The lowest BCUT2D eigenvalue weighted by atomic mass is 9.52. The SMILES string of the molecule is C=C(C)C(=O)OC12CC3CC(CC(OCCCCCCC4CO4)(C3)C1)C2. The zero-order valence-electron chi connectivity index (χ0n) is 16.3. The van der Waals surface area contributed by atoms with Crippen molar-refractivity contribution >= 4 is 5.97 Å². The summed E-state index contributed by atoms with van der Waals surface area (Å²) in [6.45, 7) is 7.33. The minimum atomic E-state index is -0.287. The minimum Gasteiger partial charge on any atom is -0.456 e. The topological polar surface area (TPSA) is 48.1 Å². The predicted molar refractivity (Wildman–Crippen MR) is 99.8 cm³/mol. The first-order chi connectivity index (χ1) is 12.5. The molecule has 5 fully saturated rings. The average Bonchev–Trinajstić information content (AvgIpc) is 3.36. The van der Waals surface area contributed by atoms with E-state index >= 15 is 0 Å². The average molecular weight is 363 g/mol. The quantitative estimate of drug-likeness (QED) is 0.247. The van der Waals surface area contributed by atoms with Crippen LogP contribution in [0, 0.1) is 11.8 Å². The van der Waals surface area contributed by atoms with Crippen molar-refractivity contribution in [1.29, 1.82) is 0 Å². The fraction of sp³-hybridized carbons (Fsp3) is 0.864. The molecule has 0 spiro atoms. The lowest BCUT2D eigenvalue weighted by Gasteiger charge is -2.60. The van der Waals surface area contributed by atoms with Crippen LogP contribution >= 0.6 is 0 Å². The lowest BCUT2D eigenvalue weighted by molar-refractivity contribution is -0.232. The number of carbonyl (C=O) groups is 1. The van der Waals surface area contributed by atoms with Gasteiger partial charge in [0.2, 0.25) is 0 Å². The maximum Gasteiger partial charge on any atom is 0.333 e. The molecule has 4 bridgehead atoms. The molecule has 26 heavy (non-hydrogen) atoms. The van der Waals surface area contributed by atoms with Gasteiger partial charge in [0.15, 0.2) is 0 Å². The Balaban J connectivity index is 1.27. The van der Waals surface area contributed by atoms with Gasteiger partial charge in [0.1, 0.15) is 5.60 Å². The summed E-state index contributed by atoms with van der Waals surface area (Å²) in [5.41, 5.74) is 0.179. The summed E-state index contributed by atoms with van der Waals surface area (Å²) in [4.78, 5) is 12.2. The maximum absolute atomic E-state index is 12.2. The van der Waals surface area contributed by atoms with Crippen LogP contribution < -0.4 is 0 Å². The van der Waals surface area contributed by atoms with E-state index in [0.29, 0.717) is 23.5 Å². The smallest absolute Gasteiger partial charge is 0.333 e. The van der Waals surface area contributed by atoms with Crippen molar-refractivity contribution in [3.63, 3.8) is 0 Å². The van der Waals surface area contributed by atoms with E-state index in [1.807, 2.05) is 0 Å². The molecule has 3 unspecified atom stereocenters. The number of unbranched alkanes of at least 4 members (excludes halogenated alkanes) is 3. The maximum atomic E-state index is 12.2. The van der Waals surface area contributed by atoms with Gasteiger partial charge in [0.25, 0.3) is 0 Å². The highest BCUT2D eigenvalue weighted by Gasteiger charge is 2.60. The summed E-state index contributed by atoms with van der Waals surface area (Å²) in [6.07, 6.45) is 13.3. The summed E-state index contributed by atoms with van der Waals surface area (Å²) in [6, 6.07) is 0. The largest absolute Gasteiger partial charge is 0.456 e. The Hall–Kier alpha value is -0.870. The molecule has 0 N–H and O–H groups in total. The molecule has 5 aliphatic rings. The molecule has 0 aromatic heterocycles. The Morgan fingerprint density at radius 1 is 1.08 bits per heavy atom. The molecule has 3 atom stereocenters. The van der Waals surface area contributed by atoms with Gasteiger partial charge in [-0.15, -0.1) is 0 Å². The van der Waals surface area contributed by atoms with Gasteiger partial charge in [0, 0.05) is 18.6 Å². The first-order valence-corrected chi connectivity index (χ1v) is 10.6. The molecule has 0 aromatic carbocycles. The molecular weight excluding hydrogens is 328 g/mol.